The molecule has 1 fully saturated rings. The van der Waals surface area contributed by atoms with Crippen molar-refractivity contribution in [1.29, 1.82) is 0 Å². The molecule has 0 spiro atoms. The highest BCUT2D eigenvalue weighted by Crippen LogP contribution is 2.23. The Hall–Kier alpha value is -3.41. The number of nitrogens with zero attached hydrogens (tertiary/aromatic N) is 4. The fourth-order valence-electron chi connectivity index (χ4n) is 4.53. The van der Waals surface area contributed by atoms with Crippen LogP contribution in [0.5, 0.6) is 0 Å². The SMILES string of the molecule is CCCN1CCN(C(=O)c2cncn2CC)C[C@@H](Cc2ccc(-c3ccccc3)cc2)C1=O. The van der Waals surface area contributed by atoms with Crippen molar-refractivity contribution in [2.24, 2.45) is 5.92 Å². The summed E-state index contributed by atoms with van der Waals surface area (Å²) in [6, 6.07) is 18.7. The Morgan fingerprint density at radius 1 is 1.00 bits per heavy atom. The molecular weight excluding hydrogens is 412 g/mol. The highest BCUT2D eigenvalue weighted by atomic mass is 16.2. The smallest absolute Gasteiger partial charge is 0.272 e. The second-order valence-electron chi connectivity index (χ2n) is 8.61. The van der Waals surface area contributed by atoms with E-state index in [0.29, 0.717) is 38.3 Å². The van der Waals surface area contributed by atoms with Gasteiger partial charge in [0.05, 0.1) is 18.4 Å². The minimum Gasteiger partial charge on any atom is -0.341 e. The largest absolute Gasteiger partial charge is 0.341 e. The molecule has 0 unspecified atom stereocenters. The van der Waals surface area contributed by atoms with E-state index >= 15 is 0 Å². The van der Waals surface area contributed by atoms with Crippen LogP contribution in [-0.2, 0) is 17.8 Å². The summed E-state index contributed by atoms with van der Waals surface area (Å²) in [4.78, 5) is 34.6. The van der Waals surface area contributed by atoms with Gasteiger partial charge in [-0.25, -0.2) is 4.98 Å². The average Bonchev–Trinajstić information content (AvgIpc) is 3.28. The summed E-state index contributed by atoms with van der Waals surface area (Å²) in [7, 11) is 0. The van der Waals surface area contributed by atoms with Crippen LogP contribution in [0.15, 0.2) is 67.1 Å². The molecule has 0 saturated carbocycles. The Kier molecular flexibility index (Phi) is 7.23. The molecule has 1 saturated heterocycles. The van der Waals surface area contributed by atoms with Crippen molar-refractivity contribution < 1.29 is 9.59 Å². The van der Waals surface area contributed by atoms with Crippen LogP contribution in [0.2, 0.25) is 0 Å². The van der Waals surface area contributed by atoms with Gasteiger partial charge in [-0.15, -0.1) is 0 Å². The van der Waals surface area contributed by atoms with E-state index in [1.807, 2.05) is 39.5 Å². The lowest BCUT2D eigenvalue weighted by atomic mass is 9.95. The monoisotopic (exact) mass is 444 g/mol. The van der Waals surface area contributed by atoms with Crippen LogP contribution in [0.3, 0.4) is 0 Å². The van der Waals surface area contributed by atoms with Gasteiger partial charge in [0.1, 0.15) is 5.69 Å². The first-order valence-electron chi connectivity index (χ1n) is 11.8. The van der Waals surface area contributed by atoms with Crippen molar-refractivity contribution >= 4 is 11.8 Å². The number of imidazole rings is 1. The molecule has 1 aliphatic rings. The summed E-state index contributed by atoms with van der Waals surface area (Å²) in [5.74, 6) is -0.170. The Morgan fingerprint density at radius 3 is 2.42 bits per heavy atom. The second kappa shape index (κ2) is 10.5. The van der Waals surface area contributed by atoms with Crippen LogP contribution in [0.4, 0.5) is 0 Å². The van der Waals surface area contributed by atoms with Crippen molar-refractivity contribution in [2.45, 2.75) is 33.2 Å². The minimum atomic E-state index is -0.261. The van der Waals surface area contributed by atoms with Crippen molar-refractivity contribution in [2.75, 3.05) is 26.2 Å². The number of amides is 2. The zero-order chi connectivity index (χ0) is 23.2. The van der Waals surface area contributed by atoms with Gasteiger partial charge < -0.3 is 14.4 Å². The Bertz CT molecular complexity index is 1080. The minimum absolute atomic E-state index is 0.0510. The van der Waals surface area contributed by atoms with E-state index in [1.165, 1.54) is 5.56 Å². The van der Waals surface area contributed by atoms with Crippen molar-refractivity contribution in [3.8, 4) is 11.1 Å². The summed E-state index contributed by atoms with van der Waals surface area (Å²) < 4.78 is 1.86. The maximum Gasteiger partial charge on any atom is 0.272 e. The number of carbonyl (C=O) groups excluding carboxylic acids is 2. The molecule has 172 valence electrons. The number of hydrogen-bond donors (Lipinski definition) is 0. The fraction of sp³-hybridized carbons (Fsp3) is 0.370. The van der Waals surface area contributed by atoms with Gasteiger partial charge in [0.15, 0.2) is 0 Å². The van der Waals surface area contributed by atoms with E-state index in [2.05, 4.69) is 48.3 Å². The van der Waals surface area contributed by atoms with Gasteiger partial charge in [0, 0.05) is 32.7 Å². The molecule has 6 heteroatoms. The average molecular weight is 445 g/mol. The maximum absolute atomic E-state index is 13.4. The highest BCUT2D eigenvalue weighted by molar-refractivity contribution is 5.93. The molecule has 4 rings (SSSR count). The van der Waals surface area contributed by atoms with E-state index in [0.717, 1.165) is 24.1 Å². The first-order chi connectivity index (χ1) is 16.1. The van der Waals surface area contributed by atoms with Crippen LogP contribution in [0.25, 0.3) is 11.1 Å². The van der Waals surface area contributed by atoms with Gasteiger partial charge in [0.2, 0.25) is 5.91 Å². The molecule has 2 heterocycles. The first kappa shape index (κ1) is 22.8. The first-order valence-corrected chi connectivity index (χ1v) is 11.8. The van der Waals surface area contributed by atoms with Crippen LogP contribution in [0, 0.1) is 5.92 Å². The molecule has 2 aromatic carbocycles. The summed E-state index contributed by atoms with van der Waals surface area (Å²) in [6.45, 7) is 7.02. The molecule has 0 bridgehead atoms. The fourth-order valence-corrected chi connectivity index (χ4v) is 4.53. The van der Waals surface area contributed by atoms with Crippen molar-refractivity contribution in [3.63, 3.8) is 0 Å². The highest BCUT2D eigenvalue weighted by Gasteiger charge is 2.33. The van der Waals surface area contributed by atoms with Crippen LogP contribution < -0.4 is 0 Å². The Morgan fingerprint density at radius 2 is 1.73 bits per heavy atom. The van der Waals surface area contributed by atoms with E-state index in [-0.39, 0.29) is 17.7 Å². The van der Waals surface area contributed by atoms with E-state index in [1.54, 1.807) is 12.5 Å². The van der Waals surface area contributed by atoms with Gasteiger partial charge in [0.25, 0.3) is 5.91 Å². The van der Waals surface area contributed by atoms with E-state index < -0.39 is 0 Å². The zero-order valence-corrected chi connectivity index (χ0v) is 19.5. The normalized spacial score (nSPS) is 16.7. The summed E-state index contributed by atoms with van der Waals surface area (Å²) >= 11 is 0. The topological polar surface area (TPSA) is 58.4 Å². The standard InChI is InChI=1S/C27H32N4O2/c1-3-14-30-15-16-31(27(33)25-18-28-20-29(25)4-2)19-24(26(30)32)17-21-10-12-23(13-11-21)22-8-6-5-7-9-22/h5-13,18,20,24H,3-4,14-17,19H2,1-2H3/t24-/m1/s1. The number of aryl methyl sites for hydroxylation is 1. The molecule has 0 aliphatic carbocycles. The van der Waals surface area contributed by atoms with Crippen LogP contribution in [-0.4, -0.2) is 57.3 Å². The molecule has 3 aromatic rings. The third-order valence-corrected chi connectivity index (χ3v) is 6.34. The summed E-state index contributed by atoms with van der Waals surface area (Å²) in [5.41, 5.74) is 4.02. The lowest BCUT2D eigenvalue weighted by molar-refractivity contribution is -0.134. The molecule has 33 heavy (non-hydrogen) atoms. The molecule has 1 aromatic heterocycles. The molecule has 1 aliphatic heterocycles. The molecule has 0 N–H and O–H groups in total. The van der Waals surface area contributed by atoms with E-state index in [9.17, 15) is 9.59 Å². The number of benzene rings is 2. The Balaban J connectivity index is 1.54. The van der Waals surface area contributed by atoms with Gasteiger partial charge in [-0.3, -0.25) is 9.59 Å². The van der Waals surface area contributed by atoms with Gasteiger partial charge >= 0.3 is 0 Å². The van der Waals surface area contributed by atoms with Crippen molar-refractivity contribution in [3.05, 3.63) is 78.4 Å². The Labute approximate surface area is 195 Å². The third kappa shape index (κ3) is 5.16. The summed E-state index contributed by atoms with van der Waals surface area (Å²) in [5, 5.41) is 0. The van der Waals surface area contributed by atoms with E-state index in [4.69, 9.17) is 0 Å². The molecule has 2 amide bonds. The second-order valence-corrected chi connectivity index (χ2v) is 8.61. The molecule has 0 radical (unpaired) electrons. The predicted octanol–water partition coefficient (Wildman–Crippen LogP) is 4.12. The predicted molar refractivity (Wildman–Crippen MR) is 130 cm³/mol. The quantitative estimate of drug-likeness (QED) is 0.551. The molecule has 6 nitrogen and oxygen atoms in total. The van der Waals surface area contributed by atoms with Gasteiger partial charge in [-0.05, 0) is 36.5 Å². The van der Waals surface area contributed by atoms with Crippen molar-refractivity contribution in [1.82, 2.24) is 19.4 Å². The van der Waals surface area contributed by atoms with Gasteiger partial charge in [-0.1, -0.05) is 61.5 Å². The zero-order valence-electron chi connectivity index (χ0n) is 19.5. The number of hydrogen-bond acceptors (Lipinski definition) is 3. The number of rotatable bonds is 7. The molecule has 1 atom stereocenters. The van der Waals surface area contributed by atoms with Crippen LogP contribution in [0.1, 0.15) is 36.3 Å². The lowest BCUT2D eigenvalue weighted by Gasteiger charge is -2.24. The lowest BCUT2D eigenvalue weighted by Crippen LogP contribution is -2.38. The number of carbonyl (C=O) groups is 2. The van der Waals surface area contributed by atoms with Gasteiger partial charge in [-0.2, -0.15) is 0 Å². The number of aromatic nitrogens is 2. The van der Waals surface area contributed by atoms with Crippen LogP contribution >= 0.6 is 0 Å². The maximum atomic E-state index is 13.4. The molecular formula is C27H32N4O2. The third-order valence-electron chi connectivity index (χ3n) is 6.34. The summed E-state index contributed by atoms with van der Waals surface area (Å²) in [6.07, 6.45) is 4.83.